The van der Waals surface area contributed by atoms with Crippen molar-refractivity contribution < 1.29 is 9.53 Å². The third-order valence-corrected chi connectivity index (χ3v) is 1.32. The molecule has 0 aromatic carbocycles. The molecule has 0 fully saturated rings. The lowest BCUT2D eigenvalue weighted by atomic mass is 10.2. The maximum absolute atomic E-state index is 10.6. The zero-order chi connectivity index (χ0) is 8.27. The van der Waals surface area contributed by atoms with Crippen LogP contribution in [0.1, 0.15) is 13.8 Å². The third-order valence-electron chi connectivity index (χ3n) is 1.32. The molecule has 0 aromatic rings. The second-order valence-electron chi connectivity index (χ2n) is 3.02. The lowest BCUT2D eigenvalue weighted by molar-refractivity contribution is -0.118. The van der Waals surface area contributed by atoms with Crippen LogP contribution in [0.4, 0.5) is 0 Å². The van der Waals surface area contributed by atoms with E-state index in [2.05, 4.69) is 19.2 Å². The Morgan fingerprint density at radius 1 is 1.73 bits per heavy atom. The number of nitrogens with one attached hydrogen (secondary N) is 1. The Bertz CT molecular complexity index is 175. The highest BCUT2D eigenvalue weighted by Gasteiger charge is 2.13. The summed E-state index contributed by atoms with van der Waals surface area (Å²) in [4.78, 5) is 10.6. The van der Waals surface area contributed by atoms with Crippen molar-refractivity contribution in [3.05, 3.63) is 12.2 Å². The molecule has 62 valence electrons. The van der Waals surface area contributed by atoms with Gasteiger partial charge in [0.1, 0.15) is 6.23 Å². The van der Waals surface area contributed by atoms with Crippen LogP contribution in [0.25, 0.3) is 0 Å². The van der Waals surface area contributed by atoms with E-state index in [0.29, 0.717) is 12.5 Å². The van der Waals surface area contributed by atoms with E-state index in [0.717, 1.165) is 0 Å². The molecule has 0 radical (unpaired) electrons. The van der Waals surface area contributed by atoms with Crippen LogP contribution in [0.2, 0.25) is 0 Å². The monoisotopic (exact) mass is 155 g/mol. The van der Waals surface area contributed by atoms with E-state index in [-0.39, 0.29) is 12.1 Å². The summed E-state index contributed by atoms with van der Waals surface area (Å²) in [5, 5.41) is 2.64. The Balaban J connectivity index is 2.19. The highest BCUT2D eigenvalue weighted by atomic mass is 16.5. The van der Waals surface area contributed by atoms with Gasteiger partial charge in [-0.05, 0) is 12.0 Å². The molecule has 3 nitrogen and oxygen atoms in total. The number of rotatable bonds is 3. The van der Waals surface area contributed by atoms with Crippen molar-refractivity contribution in [1.82, 2.24) is 5.32 Å². The van der Waals surface area contributed by atoms with E-state index < -0.39 is 0 Å². The quantitative estimate of drug-likeness (QED) is 0.650. The minimum atomic E-state index is -0.204. The Labute approximate surface area is 66.4 Å². The summed E-state index contributed by atoms with van der Waals surface area (Å²) < 4.78 is 5.32. The van der Waals surface area contributed by atoms with Gasteiger partial charge in [0.25, 0.3) is 0 Å². The van der Waals surface area contributed by atoms with Gasteiger partial charge in [-0.25, -0.2) is 0 Å². The summed E-state index contributed by atoms with van der Waals surface area (Å²) in [5.41, 5.74) is 0. The number of hydrogen-bond acceptors (Lipinski definition) is 2. The lowest BCUT2D eigenvalue weighted by Gasteiger charge is -2.11. The van der Waals surface area contributed by atoms with Gasteiger partial charge in [0.2, 0.25) is 5.91 Å². The maximum Gasteiger partial charge on any atom is 0.246 e. The van der Waals surface area contributed by atoms with E-state index >= 15 is 0 Å². The molecular weight excluding hydrogens is 142 g/mol. The Hall–Kier alpha value is -0.830. The van der Waals surface area contributed by atoms with Crippen LogP contribution in [0.5, 0.6) is 0 Å². The summed E-state index contributed by atoms with van der Waals surface area (Å²) in [6, 6.07) is 0. The summed E-state index contributed by atoms with van der Waals surface area (Å²) in [6.45, 7) is 4.82. The standard InChI is InChI=1S/C8H13NO2/c1-6(2)5-11-8-4-3-7(10)9-8/h3-4,6,8H,5H2,1-2H3,(H,9,10). The van der Waals surface area contributed by atoms with Gasteiger partial charge in [-0.1, -0.05) is 13.8 Å². The van der Waals surface area contributed by atoms with Crippen molar-refractivity contribution in [2.24, 2.45) is 5.92 Å². The van der Waals surface area contributed by atoms with Gasteiger partial charge in [0, 0.05) is 6.08 Å². The van der Waals surface area contributed by atoms with Crippen LogP contribution in [0.15, 0.2) is 12.2 Å². The average molecular weight is 155 g/mol. The number of ether oxygens (including phenoxy) is 1. The largest absolute Gasteiger partial charge is 0.355 e. The third kappa shape index (κ3) is 2.72. The number of carbonyl (C=O) groups excluding carboxylic acids is 1. The van der Waals surface area contributed by atoms with Gasteiger partial charge < -0.3 is 10.1 Å². The fourth-order valence-electron chi connectivity index (χ4n) is 0.805. The molecule has 1 unspecified atom stereocenters. The summed E-state index contributed by atoms with van der Waals surface area (Å²) in [5.74, 6) is 0.430. The lowest BCUT2D eigenvalue weighted by Crippen LogP contribution is -2.29. The van der Waals surface area contributed by atoms with Gasteiger partial charge >= 0.3 is 0 Å². The Kier molecular flexibility index (Phi) is 2.65. The number of carbonyl (C=O) groups is 1. The first-order valence-electron chi connectivity index (χ1n) is 3.79. The molecule has 1 amide bonds. The van der Waals surface area contributed by atoms with Crippen molar-refractivity contribution in [2.75, 3.05) is 6.61 Å². The summed E-state index contributed by atoms with van der Waals surface area (Å²) >= 11 is 0. The molecule has 1 heterocycles. The van der Waals surface area contributed by atoms with Crippen molar-refractivity contribution in [2.45, 2.75) is 20.1 Å². The van der Waals surface area contributed by atoms with E-state index in [1.54, 1.807) is 6.08 Å². The zero-order valence-corrected chi connectivity index (χ0v) is 6.83. The van der Waals surface area contributed by atoms with Crippen LogP contribution < -0.4 is 5.32 Å². The normalized spacial score (nSPS) is 22.8. The molecule has 1 N–H and O–H groups in total. The fourth-order valence-corrected chi connectivity index (χ4v) is 0.805. The van der Waals surface area contributed by atoms with Crippen LogP contribution in [-0.2, 0) is 9.53 Å². The average Bonchev–Trinajstić information content (AvgIpc) is 2.31. The molecule has 0 saturated carbocycles. The van der Waals surface area contributed by atoms with Crippen molar-refractivity contribution >= 4 is 5.91 Å². The molecule has 1 aliphatic heterocycles. The second kappa shape index (κ2) is 3.53. The van der Waals surface area contributed by atoms with Crippen LogP contribution >= 0.6 is 0 Å². The molecule has 0 saturated heterocycles. The van der Waals surface area contributed by atoms with Gasteiger partial charge in [-0.2, -0.15) is 0 Å². The maximum atomic E-state index is 10.6. The first-order valence-corrected chi connectivity index (χ1v) is 3.79. The van der Waals surface area contributed by atoms with Gasteiger partial charge in [-0.3, -0.25) is 4.79 Å². The first kappa shape index (κ1) is 8.27. The van der Waals surface area contributed by atoms with E-state index in [1.807, 2.05) is 0 Å². The predicted octanol–water partition coefficient (Wildman–Crippen LogP) is 0.671. The van der Waals surface area contributed by atoms with E-state index in [9.17, 15) is 4.79 Å². The van der Waals surface area contributed by atoms with Crippen molar-refractivity contribution in [1.29, 1.82) is 0 Å². The van der Waals surface area contributed by atoms with Crippen LogP contribution in [0.3, 0.4) is 0 Å². The van der Waals surface area contributed by atoms with E-state index in [4.69, 9.17) is 4.74 Å². The van der Waals surface area contributed by atoms with Gasteiger partial charge in [0.15, 0.2) is 0 Å². The molecule has 1 atom stereocenters. The minimum Gasteiger partial charge on any atom is -0.355 e. The molecule has 0 bridgehead atoms. The Morgan fingerprint density at radius 3 is 2.91 bits per heavy atom. The molecule has 0 spiro atoms. The molecule has 1 rings (SSSR count). The van der Waals surface area contributed by atoms with Crippen molar-refractivity contribution in [3.63, 3.8) is 0 Å². The molecule has 0 aromatic heterocycles. The van der Waals surface area contributed by atoms with Crippen molar-refractivity contribution in [3.8, 4) is 0 Å². The highest BCUT2D eigenvalue weighted by Crippen LogP contribution is 2.01. The molecular formula is C8H13NO2. The smallest absolute Gasteiger partial charge is 0.246 e. The molecule has 11 heavy (non-hydrogen) atoms. The number of amides is 1. The van der Waals surface area contributed by atoms with Gasteiger partial charge in [-0.15, -0.1) is 0 Å². The summed E-state index contributed by atoms with van der Waals surface area (Å²) in [6.07, 6.45) is 3.01. The first-order chi connectivity index (χ1) is 5.18. The topological polar surface area (TPSA) is 38.3 Å². The van der Waals surface area contributed by atoms with Crippen LogP contribution in [0, 0.1) is 5.92 Å². The number of hydrogen-bond donors (Lipinski definition) is 1. The fraction of sp³-hybridized carbons (Fsp3) is 0.625. The van der Waals surface area contributed by atoms with Gasteiger partial charge in [0.05, 0.1) is 6.61 Å². The molecule has 3 heteroatoms. The zero-order valence-electron chi connectivity index (χ0n) is 6.83. The van der Waals surface area contributed by atoms with E-state index in [1.165, 1.54) is 6.08 Å². The second-order valence-corrected chi connectivity index (χ2v) is 3.02. The minimum absolute atomic E-state index is 0.0706. The highest BCUT2D eigenvalue weighted by molar-refractivity contribution is 5.90. The predicted molar refractivity (Wildman–Crippen MR) is 41.9 cm³/mol. The summed E-state index contributed by atoms with van der Waals surface area (Å²) in [7, 11) is 0. The molecule has 0 aliphatic carbocycles. The van der Waals surface area contributed by atoms with Crippen LogP contribution in [-0.4, -0.2) is 18.7 Å². The SMILES string of the molecule is CC(C)COC1C=CC(=O)N1. The Morgan fingerprint density at radius 2 is 2.45 bits per heavy atom. The molecule has 1 aliphatic rings.